The summed E-state index contributed by atoms with van der Waals surface area (Å²) in [7, 11) is 0. The predicted octanol–water partition coefficient (Wildman–Crippen LogP) is 2.88. The minimum atomic E-state index is 0.303. The SMILES string of the molecule is CC/C(=N/CCCn1ccnc1)c1ccccc1O. The minimum Gasteiger partial charge on any atom is -0.507 e. The number of phenols is 1. The number of benzene rings is 1. The van der Waals surface area contributed by atoms with Gasteiger partial charge in [0, 0.05) is 36.8 Å². The van der Waals surface area contributed by atoms with E-state index in [0.29, 0.717) is 5.75 Å². The van der Waals surface area contributed by atoms with Crippen LogP contribution in [0.4, 0.5) is 0 Å². The van der Waals surface area contributed by atoms with Crippen molar-refractivity contribution in [3.63, 3.8) is 0 Å². The molecule has 0 unspecified atom stereocenters. The highest BCUT2D eigenvalue weighted by molar-refractivity contribution is 6.02. The van der Waals surface area contributed by atoms with Crippen molar-refractivity contribution >= 4 is 5.71 Å². The minimum absolute atomic E-state index is 0.303. The number of hydrogen-bond acceptors (Lipinski definition) is 3. The van der Waals surface area contributed by atoms with Crippen molar-refractivity contribution in [1.29, 1.82) is 0 Å². The van der Waals surface area contributed by atoms with Gasteiger partial charge in [0.15, 0.2) is 0 Å². The van der Waals surface area contributed by atoms with Crippen LogP contribution in [0.5, 0.6) is 5.75 Å². The van der Waals surface area contributed by atoms with Gasteiger partial charge in [0.1, 0.15) is 5.75 Å². The number of nitrogens with zero attached hydrogens (tertiary/aromatic N) is 3. The van der Waals surface area contributed by atoms with Gasteiger partial charge >= 0.3 is 0 Å². The Bertz CT molecular complexity index is 532. The van der Waals surface area contributed by atoms with Crippen LogP contribution >= 0.6 is 0 Å². The molecule has 0 amide bonds. The fourth-order valence-electron chi connectivity index (χ4n) is 1.99. The first kappa shape index (κ1) is 13.3. The van der Waals surface area contributed by atoms with E-state index in [0.717, 1.165) is 37.2 Å². The second kappa shape index (κ2) is 6.73. The third-order valence-corrected chi connectivity index (χ3v) is 2.99. The normalized spacial score (nSPS) is 11.7. The molecule has 0 aliphatic carbocycles. The topological polar surface area (TPSA) is 50.4 Å². The van der Waals surface area contributed by atoms with E-state index in [1.807, 2.05) is 35.3 Å². The van der Waals surface area contributed by atoms with Crippen molar-refractivity contribution in [1.82, 2.24) is 9.55 Å². The van der Waals surface area contributed by atoms with E-state index in [1.54, 1.807) is 12.3 Å². The number of aryl methyl sites for hydroxylation is 1. The van der Waals surface area contributed by atoms with Crippen LogP contribution in [0.15, 0.2) is 48.0 Å². The highest BCUT2D eigenvalue weighted by atomic mass is 16.3. The van der Waals surface area contributed by atoms with Gasteiger partial charge < -0.3 is 9.67 Å². The third kappa shape index (κ3) is 3.68. The van der Waals surface area contributed by atoms with Gasteiger partial charge in [0.25, 0.3) is 0 Å². The summed E-state index contributed by atoms with van der Waals surface area (Å²) in [4.78, 5) is 8.60. The van der Waals surface area contributed by atoms with Crippen LogP contribution in [0.1, 0.15) is 25.3 Å². The molecule has 1 aromatic carbocycles. The molecule has 4 nitrogen and oxygen atoms in total. The third-order valence-electron chi connectivity index (χ3n) is 2.99. The molecule has 0 aliphatic heterocycles. The molecular formula is C15H19N3O. The Kier molecular flexibility index (Phi) is 4.72. The highest BCUT2D eigenvalue weighted by Crippen LogP contribution is 2.18. The lowest BCUT2D eigenvalue weighted by Crippen LogP contribution is -2.03. The molecule has 0 spiro atoms. The first-order valence-electron chi connectivity index (χ1n) is 6.58. The van der Waals surface area contributed by atoms with Crippen LogP contribution in [-0.4, -0.2) is 26.9 Å². The second-order valence-electron chi connectivity index (χ2n) is 4.35. The molecule has 19 heavy (non-hydrogen) atoms. The number of aromatic nitrogens is 2. The van der Waals surface area contributed by atoms with Gasteiger partial charge in [0.05, 0.1) is 6.33 Å². The summed E-state index contributed by atoms with van der Waals surface area (Å²) >= 11 is 0. The number of phenolic OH excluding ortho intramolecular Hbond substituents is 1. The number of para-hydroxylation sites is 1. The van der Waals surface area contributed by atoms with Gasteiger partial charge in [-0.1, -0.05) is 19.1 Å². The van der Waals surface area contributed by atoms with Crippen molar-refractivity contribution in [2.24, 2.45) is 4.99 Å². The smallest absolute Gasteiger partial charge is 0.124 e. The van der Waals surface area contributed by atoms with Crippen molar-refractivity contribution in [2.75, 3.05) is 6.54 Å². The van der Waals surface area contributed by atoms with Crippen LogP contribution in [0.2, 0.25) is 0 Å². The number of rotatable bonds is 6. The van der Waals surface area contributed by atoms with Crippen molar-refractivity contribution < 1.29 is 5.11 Å². The molecule has 0 saturated carbocycles. The van der Waals surface area contributed by atoms with Gasteiger partial charge in [0.2, 0.25) is 0 Å². The zero-order chi connectivity index (χ0) is 13.5. The molecule has 1 heterocycles. The average molecular weight is 257 g/mol. The Morgan fingerprint density at radius 1 is 1.37 bits per heavy atom. The van der Waals surface area contributed by atoms with Crippen molar-refractivity contribution in [3.8, 4) is 5.75 Å². The van der Waals surface area contributed by atoms with Gasteiger partial charge in [-0.15, -0.1) is 0 Å². The highest BCUT2D eigenvalue weighted by Gasteiger charge is 2.05. The summed E-state index contributed by atoms with van der Waals surface area (Å²) in [6, 6.07) is 7.36. The molecule has 1 N–H and O–H groups in total. The number of hydrogen-bond donors (Lipinski definition) is 1. The zero-order valence-electron chi connectivity index (χ0n) is 11.2. The van der Waals surface area contributed by atoms with Crippen LogP contribution in [0.3, 0.4) is 0 Å². The largest absolute Gasteiger partial charge is 0.507 e. The maximum absolute atomic E-state index is 9.83. The molecule has 2 aromatic rings. The van der Waals surface area contributed by atoms with E-state index < -0.39 is 0 Å². The van der Waals surface area contributed by atoms with E-state index >= 15 is 0 Å². The lowest BCUT2D eigenvalue weighted by Gasteiger charge is -2.07. The van der Waals surface area contributed by atoms with Crippen molar-refractivity contribution in [3.05, 3.63) is 48.5 Å². The van der Waals surface area contributed by atoms with Crippen LogP contribution in [0, 0.1) is 0 Å². The molecule has 1 aromatic heterocycles. The standard InChI is InChI=1S/C15H19N3O/c1-2-14(13-6-3-4-7-15(13)19)17-8-5-10-18-11-9-16-12-18/h3-4,6-7,9,11-12,19H,2,5,8,10H2,1H3/b17-14-. The van der Waals surface area contributed by atoms with E-state index in [4.69, 9.17) is 0 Å². The summed E-state index contributed by atoms with van der Waals surface area (Å²) in [5.41, 5.74) is 1.80. The number of aliphatic imine (C=N–C) groups is 1. The Morgan fingerprint density at radius 3 is 2.89 bits per heavy atom. The van der Waals surface area contributed by atoms with Gasteiger partial charge in [-0.2, -0.15) is 0 Å². The summed E-state index contributed by atoms with van der Waals surface area (Å²) in [6.45, 7) is 3.73. The monoisotopic (exact) mass is 257 g/mol. The van der Waals surface area contributed by atoms with Gasteiger partial charge in [-0.3, -0.25) is 4.99 Å². The maximum Gasteiger partial charge on any atom is 0.124 e. The van der Waals surface area contributed by atoms with Crippen molar-refractivity contribution in [2.45, 2.75) is 26.3 Å². The average Bonchev–Trinajstić information content (AvgIpc) is 2.93. The van der Waals surface area contributed by atoms with Gasteiger partial charge in [-0.25, -0.2) is 4.98 Å². The molecule has 4 heteroatoms. The fourth-order valence-corrected chi connectivity index (χ4v) is 1.99. The Hall–Kier alpha value is -2.10. The molecule has 100 valence electrons. The lowest BCUT2D eigenvalue weighted by atomic mass is 10.1. The fraction of sp³-hybridized carbons (Fsp3) is 0.333. The summed E-state index contributed by atoms with van der Waals surface area (Å²) < 4.78 is 2.04. The summed E-state index contributed by atoms with van der Waals surface area (Å²) in [5.74, 6) is 0.303. The molecule has 0 atom stereocenters. The number of aromatic hydroxyl groups is 1. The predicted molar refractivity (Wildman–Crippen MR) is 76.6 cm³/mol. The van der Waals surface area contributed by atoms with E-state index in [9.17, 15) is 5.11 Å². The molecular weight excluding hydrogens is 238 g/mol. The molecule has 0 aliphatic rings. The molecule has 0 fully saturated rings. The molecule has 2 rings (SSSR count). The lowest BCUT2D eigenvalue weighted by molar-refractivity contribution is 0.474. The quantitative estimate of drug-likeness (QED) is 0.639. The Morgan fingerprint density at radius 2 is 2.21 bits per heavy atom. The second-order valence-corrected chi connectivity index (χ2v) is 4.35. The summed E-state index contributed by atoms with van der Waals surface area (Å²) in [6.07, 6.45) is 7.33. The van der Waals surface area contributed by atoms with E-state index in [2.05, 4.69) is 16.9 Å². The number of imidazole rings is 1. The Balaban J connectivity index is 1.94. The van der Waals surface area contributed by atoms with Crippen LogP contribution in [0.25, 0.3) is 0 Å². The molecule has 0 saturated heterocycles. The first-order valence-corrected chi connectivity index (χ1v) is 6.58. The van der Waals surface area contributed by atoms with Crippen LogP contribution in [-0.2, 0) is 6.54 Å². The van der Waals surface area contributed by atoms with Crippen LogP contribution < -0.4 is 0 Å². The summed E-state index contributed by atoms with van der Waals surface area (Å²) in [5, 5.41) is 9.83. The Labute approximate surface area is 113 Å². The molecule has 0 radical (unpaired) electrons. The van der Waals surface area contributed by atoms with E-state index in [1.165, 1.54) is 0 Å². The van der Waals surface area contributed by atoms with E-state index in [-0.39, 0.29) is 0 Å². The first-order chi connectivity index (χ1) is 9.31. The zero-order valence-corrected chi connectivity index (χ0v) is 11.2. The molecule has 0 bridgehead atoms. The van der Waals surface area contributed by atoms with Gasteiger partial charge in [-0.05, 0) is 25.0 Å². The maximum atomic E-state index is 9.83.